The second-order valence-electron chi connectivity index (χ2n) is 3.59. The molecule has 5 heteroatoms. The summed E-state index contributed by atoms with van der Waals surface area (Å²) in [5, 5.41) is 6.10. The molecule has 1 aromatic rings. The quantitative estimate of drug-likeness (QED) is 0.723. The van der Waals surface area contributed by atoms with E-state index in [9.17, 15) is 0 Å². The van der Waals surface area contributed by atoms with Crippen molar-refractivity contribution in [1.82, 2.24) is 9.78 Å². The fraction of sp³-hybridized carbons (Fsp3) is 0.667. The van der Waals surface area contributed by atoms with Gasteiger partial charge >= 0.3 is 0 Å². The Bertz CT molecular complexity index is 328. The van der Waals surface area contributed by atoms with Crippen LogP contribution in [0.4, 0.5) is 11.5 Å². The third-order valence-electron chi connectivity index (χ3n) is 2.48. The molecule has 0 bridgehead atoms. The highest BCUT2D eigenvalue weighted by Gasteiger charge is 2.20. The molecule has 2 heterocycles. The van der Waals surface area contributed by atoms with Gasteiger partial charge in [0.2, 0.25) is 0 Å². The third-order valence-corrected chi connectivity index (χ3v) is 2.48. The lowest BCUT2D eigenvalue weighted by molar-refractivity contribution is 0.0749. The highest BCUT2D eigenvalue weighted by molar-refractivity contribution is 5.64. The van der Waals surface area contributed by atoms with Crippen molar-refractivity contribution < 1.29 is 4.84 Å². The lowest BCUT2D eigenvalue weighted by Crippen LogP contribution is -2.31. The molecule has 0 amide bonds. The molecule has 1 fully saturated rings. The number of hydrogen-bond acceptors (Lipinski definition) is 4. The molecule has 0 radical (unpaired) electrons. The zero-order valence-electron chi connectivity index (χ0n) is 8.66. The van der Waals surface area contributed by atoms with E-state index in [0.717, 1.165) is 43.2 Å². The monoisotopic (exact) mass is 196 g/mol. The van der Waals surface area contributed by atoms with Gasteiger partial charge in [0.25, 0.3) is 0 Å². The number of nitrogens with two attached hydrogens (primary N) is 1. The molecule has 0 atom stereocenters. The first-order valence-corrected chi connectivity index (χ1v) is 4.89. The number of nitrogens with zero attached hydrogens (tertiary/aromatic N) is 3. The van der Waals surface area contributed by atoms with Crippen LogP contribution in [-0.4, -0.2) is 22.9 Å². The van der Waals surface area contributed by atoms with Crippen LogP contribution in [0.5, 0.6) is 0 Å². The van der Waals surface area contributed by atoms with Gasteiger partial charge in [-0.3, -0.25) is 4.84 Å². The van der Waals surface area contributed by atoms with Crippen molar-refractivity contribution in [2.45, 2.75) is 19.8 Å². The average Bonchev–Trinajstić information content (AvgIpc) is 2.43. The fourth-order valence-corrected chi connectivity index (χ4v) is 1.72. The molecule has 0 spiro atoms. The minimum atomic E-state index is 0.717. The molecule has 2 rings (SSSR count). The zero-order valence-corrected chi connectivity index (χ0v) is 8.66. The van der Waals surface area contributed by atoms with Crippen molar-refractivity contribution in [2.24, 2.45) is 7.05 Å². The predicted molar refractivity (Wildman–Crippen MR) is 54.9 cm³/mol. The van der Waals surface area contributed by atoms with Gasteiger partial charge in [-0.1, -0.05) is 0 Å². The second kappa shape index (κ2) is 3.49. The van der Waals surface area contributed by atoms with E-state index in [4.69, 9.17) is 10.6 Å². The molecule has 78 valence electrons. The van der Waals surface area contributed by atoms with Crippen LogP contribution in [0.25, 0.3) is 0 Å². The van der Waals surface area contributed by atoms with Crippen LogP contribution in [0.15, 0.2) is 0 Å². The van der Waals surface area contributed by atoms with Crippen LogP contribution >= 0.6 is 0 Å². The van der Waals surface area contributed by atoms with E-state index in [1.807, 2.05) is 19.0 Å². The predicted octanol–water partition coefficient (Wildman–Crippen LogP) is 0.843. The second-order valence-corrected chi connectivity index (χ2v) is 3.59. The van der Waals surface area contributed by atoms with E-state index in [2.05, 4.69) is 5.10 Å². The normalized spacial score (nSPS) is 17.4. The van der Waals surface area contributed by atoms with E-state index < -0.39 is 0 Å². The van der Waals surface area contributed by atoms with Gasteiger partial charge in [-0.2, -0.15) is 5.10 Å². The number of hydrogen-bond donors (Lipinski definition) is 1. The van der Waals surface area contributed by atoms with Crippen LogP contribution in [0.1, 0.15) is 18.5 Å². The average molecular weight is 196 g/mol. The summed E-state index contributed by atoms with van der Waals surface area (Å²) >= 11 is 0. The van der Waals surface area contributed by atoms with Gasteiger partial charge < -0.3 is 5.73 Å². The summed E-state index contributed by atoms with van der Waals surface area (Å²) < 4.78 is 1.77. The largest absolute Gasteiger partial charge is 0.394 e. The summed E-state index contributed by atoms with van der Waals surface area (Å²) in [6.45, 7) is 3.57. The number of aromatic nitrogens is 2. The molecule has 5 nitrogen and oxygen atoms in total. The zero-order chi connectivity index (χ0) is 10.1. The Hall–Kier alpha value is -1.23. The summed E-state index contributed by atoms with van der Waals surface area (Å²) in [4.78, 5) is 5.53. The van der Waals surface area contributed by atoms with Gasteiger partial charge in [0, 0.05) is 13.6 Å². The van der Waals surface area contributed by atoms with Crippen molar-refractivity contribution in [1.29, 1.82) is 0 Å². The van der Waals surface area contributed by atoms with Gasteiger partial charge in [0.05, 0.1) is 18.0 Å². The molecule has 0 aliphatic carbocycles. The SMILES string of the molecule is Cc1nn(C)c(N2CCCCO2)c1N. The highest BCUT2D eigenvalue weighted by atomic mass is 16.7. The maximum atomic E-state index is 5.93. The first kappa shape index (κ1) is 9.33. The Morgan fingerprint density at radius 2 is 2.21 bits per heavy atom. The molecule has 14 heavy (non-hydrogen) atoms. The van der Waals surface area contributed by atoms with E-state index >= 15 is 0 Å². The summed E-state index contributed by atoms with van der Waals surface area (Å²) in [7, 11) is 1.89. The standard InChI is InChI=1S/C9H16N4O/c1-7-8(10)9(12(2)11-7)13-5-3-4-6-14-13/h3-6,10H2,1-2H3. The van der Waals surface area contributed by atoms with Crippen molar-refractivity contribution in [3.05, 3.63) is 5.69 Å². The molecule has 0 saturated carbocycles. The van der Waals surface area contributed by atoms with Crippen LogP contribution in [0.3, 0.4) is 0 Å². The molecule has 0 aromatic carbocycles. The van der Waals surface area contributed by atoms with Crippen molar-refractivity contribution >= 4 is 11.5 Å². The topological polar surface area (TPSA) is 56.3 Å². The Labute approximate surface area is 83.4 Å². The van der Waals surface area contributed by atoms with Gasteiger partial charge in [0.1, 0.15) is 0 Å². The van der Waals surface area contributed by atoms with E-state index in [-0.39, 0.29) is 0 Å². The lowest BCUT2D eigenvalue weighted by Gasteiger charge is -2.27. The maximum Gasteiger partial charge on any atom is 0.174 e. The summed E-state index contributed by atoms with van der Waals surface area (Å²) in [5.41, 5.74) is 7.50. The molecular formula is C9H16N4O. The minimum Gasteiger partial charge on any atom is -0.394 e. The minimum absolute atomic E-state index is 0.717. The van der Waals surface area contributed by atoms with Gasteiger partial charge in [-0.05, 0) is 19.8 Å². The van der Waals surface area contributed by atoms with Gasteiger partial charge in [0.15, 0.2) is 5.82 Å². The highest BCUT2D eigenvalue weighted by Crippen LogP contribution is 2.27. The summed E-state index contributed by atoms with van der Waals surface area (Å²) in [6, 6.07) is 0. The van der Waals surface area contributed by atoms with Gasteiger partial charge in [-0.15, -0.1) is 0 Å². The Balaban J connectivity index is 2.29. The summed E-state index contributed by atoms with van der Waals surface area (Å²) in [6.07, 6.45) is 2.26. The molecule has 2 N–H and O–H groups in total. The molecular weight excluding hydrogens is 180 g/mol. The first-order chi connectivity index (χ1) is 6.70. The van der Waals surface area contributed by atoms with E-state index in [1.54, 1.807) is 4.68 Å². The number of nitrogen functional groups attached to an aromatic ring is 1. The molecule has 1 saturated heterocycles. The Morgan fingerprint density at radius 1 is 1.43 bits per heavy atom. The molecule has 1 aromatic heterocycles. The lowest BCUT2D eigenvalue weighted by atomic mass is 10.3. The smallest absolute Gasteiger partial charge is 0.174 e. The number of anilines is 2. The maximum absolute atomic E-state index is 5.93. The fourth-order valence-electron chi connectivity index (χ4n) is 1.72. The number of rotatable bonds is 1. The Morgan fingerprint density at radius 3 is 2.71 bits per heavy atom. The van der Waals surface area contributed by atoms with Crippen LogP contribution in [0, 0.1) is 6.92 Å². The van der Waals surface area contributed by atoms with Crippen LogP contribution in [0.2, 0.25) is 0 Å². The van der Waals surface area contributed by atoms with Crippen LogP contribution < -0.4 is 10.8 Å². The molecule has 1 aliphatic heterocycles. The van der Waals surface area contributed by atoms with Crippen molar-refractivity contribution in [2.75, 3.05) is 23.9 Å². The Kier molecular flexibility index (Phi) is 2.33. The molecule has 0 unspecified atom stereocenters. The first-order valence-electron chi connectivity index (χ1n) is 4.89. The third kappa shape index (κ3) is 1.43. The summed E-state index contributed by atoms with van der Waals surface area (Å²) in [5.74, 6) is 0.877. The number of hydroxylamine groups is 1. The molecule has 1 aliphatic rings. The van der Waals surface area contributed by atoms with Crippen molar-refractivity contribution in [3.8, 4) is 0 Å². The van der Waals surface area contributed by atoms with E-state index in [1.165, 1.54) is 0 Å². The van der Waals surface area contributed by atoms with E-state index in [0.29, 0.717) is 0 Å². The van der Waals surface area contributed by atoms with Crippen molar-refractivity contribution in [3.63, 3.8) is 0 Å². The number of aryl methyl sites for hydroxylation is 2. The van der Waals surface area contributed by atoms with Crippen LogP contribution in [-0.2, 0) is 11.9 Å². The van der Waals surface area contributed by atoms with Gasteiger partial charge in [-0.25, -0.2) is 9.75 Å².